The molecule has 2 aromatic carbocycles. The van der Waals surface area contributed by atoms with E-state index in [-0.39, 0.29) is 0 Å². The monoisotopic (exact) mass is 316 g/mol. The maximum absolute atomic E-state index is 12.3. The number of ether oxygens (including phenoxy) is 2. The van der Waals surface area contributed by atoms with Gasteiger partial charge in [0.2, 0.25) is 0 Å². The number of fused-ring (bicyclic) bond motifs is 1. The van der Waals surface area contributed by atoms with Crippen molar-refractivity contribution in [3.63, 3.8) is 0 Å². The summed E-state index contributed by atoms with van der Waals surface area (Å²) in [6.45, 7) is 0. The first-order valence-electron chi connectivity index (χ1n) is 6.59. The molecule has 0 aliphatic heterocycles. The lowest BCUT2D eigenvalue weighted by Crippen LogP contribution is -2.04. The van der Waals surface area contributed by atoms with Gasteiger partial charge in [-0.05, 0) is 29.8 Å². The lowest BCUT2D eigenvalue weighted by atomic mass is 10.1. The predicted molar refractivity (Wildman–Crippen MR) is 86.0 cm³/mol. The van der Waals surface area contributed by atoms with Crippen molar-refractivity contribution in [2.75, 3.05) is 14.2 Å². The Labute approximate surface area is 131 Å². The second-order valence-electron chi connectivity index (χ2n) is 4.67. The molecule has 4 nitrogen and oxygen atoms in total. The Morgan fingerprint density at radius 3 is 2.23 bits per heavy atom. The molecule has 3 aromatic rings. The second kappa shape index (κ2) is 5.73. The molecule has 0 aliphatic carbocycles. The van der Waals surface area contributed by atoms with Crippen LogP contribution in [0, 0.1) is 0 Å². The maximum Gasteiger partial charge on any atom is 0.345 e. The standard InChI is InChI=1S/C17H13ClO4/c1-20-11-5-3-10(4-6-11)15-16(18)13-8-7-12(21-2)9-14(13)22-17(15)19/h3-9H,1-2H3. The number of halogens is 1. The van der Waals surface area contributed by atoms with Crippen LogP contribution in [0.3, 0.4) is 0 Å². The van der Waals surface area contributed by atoms with Crippen molar-refractivity contribution in [1.29, 1.82) is 0 Å². The SMILES string of the molecule is COc1ccc(-c2c(Cl)c3ccc(OC)cc3oc2=O)cc1. The van der Waals surface area contributed by atoms with Crippen molar-refractivity contribution in [1.82, 2.24) is 0 Å². The summed E-state index contributed by atoms with van der Waals surface area (Å²) in [6.07, 6.45) is 0. The van der Waals surface area contributed by atoms with Gasteiger partial charge in [-0.25, -0.2) is 4.79 Å². The van der Waals surface area contributed by atoms with Crippen molar-refractivity contribution in [3.8, 4) is 22.6 Å². The quantitative estimate of drug-likeness (QED) is 0.682. The van der Waals surface area contributed by atoms with Gasteiger partial charge in [0.15, 0.2) is 0 Å². The van der Waals surface area contributed by atoms with Gasteiger partial charge in [-0.15, -0.1) is 0 Å². The van der Waals surface area contributed by atoms with E-state index < -0.39 is 5.63 Å². The van der Waals surface area contributed by atoms with E-state index in [1.54, 1.807) is 56.7 Å². The number of methoxy groups -OCH3 is 2. The van der Waals surface area contributed by atoms with E-state index in [1.165, 1.54) is 0 Å². The van der Waals surface area contributed by atoms with E-state index in [9.17, 15) is 4.79 Å². The maximum atomic E-state index is 12.3. The van der Waals surface area contributed by atoms with Gasteiger partial charge in [0.25, 0.3) is 0 Å². The summed E-state index contributed by atoms with van der Waals surface area (Å²) in [5.74, 6) is 1.30. The fourth-order valence-corrected chi connectivity index (χ4v) is 2.62. The highest BCUT2D eigenvalue weighted by atomic mass is 35.5. The van der Waals surface area contributed by atoms with Gasteiger partial charge in [0, 0.05) is 11.5 Å². The number of rotatable bonds is 3. The molecule has 1 aromatic heterocycles. The van der Waals surface area contributed by atoms with Crippen LogP contribution in [0.2, 0.25) is 5.02 Å². The van der Waals surface area contributed by atoms with E-state index in [0.717, 1.165) is 0 Å². The van der Waals surface area contributed by atoms with Crippen LogP contribution < -0.4 is 15.1 Å². The van der Waals surface area contributed by atoms with E-state index in [2.05, 4.69) is 0 Å². The van der Waals surface area contributed by atoms with Gasteiger partial charge in [0.1, 0.15) is 17.1 Å². The highest BCUT2D eigenvalue weighted by Crippen LogP contribution is 2.33. The van der Waals surface area contributed by atoms with Crippen LogP contribution >= 0.6 is 11.6 Å². The Morgan fingerprint density at radius 1 is 0.955 bits per heavy atom. The first-order valence-corrected chi connectivity index (χ1v) is 6.96. The molecule has 5 heteroatoms. The predicted octanol–water partition coefficient (Wildman–Crippen LogP) is 4.13. The molecule has 0 bridgehead atoms. The molecule has 0 saturated heterocycles. The molecule has 0 unspecified atom stereocenters. The Morgan fingerprint density at radius 2 is 1.59 bits per heavy atom. The molecule has 112 valence electrons. The third-order valence-corrected chi connectivity index (χ3v) is 3.82. The average Bonchev–Trinajstić information content (AvgIpc) is 2.55. The van der Waals surface area contributed by atoms with Crippen LogP contribution in [0.5, 0.6) is 11.5 Å². The molecule has 0 aliphatic rings. The summed E-state index contributed by atoms with van der Waals surface area (Å²) in [7, 11) is 3.13. The first kappa shape index (κ1) is 14.5. The largest absolute Gasteiger partial charge is 0.497 e. The zero-order chi connectivity index (χ0) is 15.7. The van der Waals surface area contributed by atoms with Gasteiger partial charge in [-0.3, -0.25) is 0 Å². The van der Waals surface area contributed by atoms with Crippen LogP contribution in [0.4, 0.5) is 0 Å². The Balaban J connectivity index is 2.23. The minimum atomic E-state index is -0.490. The molecule has 0 N–H and O–H groups in total. The number of benzene rings is 2. The molecule has 0 spiro atoms. The van der Waals surface area contributed by atoms with Crippen LogP contribution in [-0.2, 0) is 0 Å². The summed E-state index contributed by atoms with van der Waals surface area (Å²) >= 11 is 6.42. The summed E-state index contributed by atoms with van der Waals surface area (Å²) in [6, 6.07) is 12.3. The molecule has 0 saturated carbocycles. The minimum absolute atomic E-state index is 0.335. The highest BCUT2D eigenvalue weighted by molar-refractivity contribution is 6.37. The topological polar surface area (TPSA) is 48.7 Å². The molecule has 0 amide bonds. The average molecular weight is 317 g/mol. The normalized spacial score (nSPS) is 10.7. The Bertz CT molecular complexity index is 882. The summed E-state index contributed by atoms with van der Waals surface area (Å²) in [4.78, 5) is 12.3. The first-order chi connectivity index (χ1) is 10.6. The lowest BCUT2D eigenvalue weighted by Gasteiger charge is -2.08. The molecule has 1 heterocycles. The van der Waals surface area contributed by atoms with Gasteiger partial charge >= 0.3 is 5.63 Å². The van der Waals surface area contributed by atoms with Crippen LogP contribution in [0.25, 0.3) is 22.1 Å². The molecule has 3 rings (SSSR count). The van der Waals surface area contributed by atoms with Crippen molar-refractivity contribution in [2.45, 2.75) is 0 Å². The molecular formula is C17H13ClO4. The zero-order valence-electron chi connectivity index (χ0n) is 12.1. The third-order valence-electron chi connectivity index (χ3n) is 3.43. The van der Waals surface area contributed by atoms with Crippen LogP contribution in [0.15, 0.2) is 51.7 Å². The lowest BCUT2D eigenvalue weighted by molar-refractivity contribution is 0.414. The number of hydrogen-bond donors (Lipinski definition) is 0. The van der Waals surface area contributed by atoms with Gasteiger partial charge in [-0.2, -0.15) is 0 Å². The Kier molecular flexibility index (Phi) is 3.77. The minimum Gasteiger partial charge on any atom is -0.497 e. The summed E-state index contributed by atoms with van der Waals surface area (Å²) < 4.78 is 15.6. The van der Waals surface area contributed by atoms with Gasteiger partial charge < -0.3 is 13.9 Å². The molecule has 22 heavy (non-hydrogen) atoms. The molecular weight excluding hydrogens is 304 g/mol. The van der Waals surface area contributed by atoms with Crippen molar-refractivity contribution in [2.24, 2.45) is 0 Å². The van der Waals surface area contributed by atoms with Gasteiger partial charge in [-0.1, -0.05) is 23.7 Å². The van der Waals surface area contributed by atoms with E-state index in [1.807, 2.05) is 0 Å². The number of hydrogen-bond acceptors (Lipinski definition) is 4. The summed E-state index contributed by atoms with van der Waals surface area (Å²) in [5.41, 5.74) is 0.918. The van der Waals surface area contributed by atoms with Gasteiger partial charge in [0.05, 0.1) is 24.8 Å². The Hall–Kier alpha value is -2.46. The van der Waals surface area contributed by atoms with Crippen molar-refractivity contribution < 1.29 is 13.9 Å². The molecule has 0 atom stereocenters. The summed E-state index contributed by atoms with van der Waals surface area (Å²) in [5, 5.41) is 1.02. The molecule has 0 radical (unpaired) electrons. The van der Waals surface area contributed by atoms with Crippen molar-refractivity contribution in [3.05, 3.63) is 57.9 Å². The smallest absolute Gasteiger partial charge is 0.345 e. The zero-order valence-corrected chi connectivity index (χ0v) is 12.8. The highest BCUT2D eigenvalue weighted by Gasteiger charge is 2.15. The van der Waals surface area contributed by atoms with Crippen molar-refractivity contribution >= 4 is 22.6 Å². The van der Waals surface area contributed by atoms with Crippen LogP contribution in [-0.4, -0.2) is 14.2 Å². The van der Waals surface area contributed by atoms with E-state index in [4.69, 9.17) is 25.5 Å². The fraction of sp³-hybridized carbons (Fsp3) is 0.118. The van der Waals surface area contributed by atoms with E-state index in [0.29, 0.717) is 38.6 Å². The van der Waals surface area contributed by atoms with Crippen LogP contribution in [0.1, 0.15) is 0 Å². The molecule has 0 fully saturated rings. The van der Waals surface area contributed by atoms with E-state index >= 15 is 0 Å². The second-order valence-corrected chi connectivity index (χ2v) is 5.05. The fourth-order valence-electron chi connectivity index (χ4n) is 2.27. The third kappa shape index (κ3) is 2.42.